The SMILES string of the molecule is C[C@H](NC(=O)CSc1nnc(-c2ccc3c(c2)OCO3)o1)C1CC1. The first-order valence-electron chi connectivity index (χ1n) is 7.85. The molecule has 1 saturated carbocycles. The molecular formula is C16H17N3O4S. The monoisotopic (exact) mass is 347 g/mol. The molecule has 24 heavy (non-hydrogen) atoms. The standard InChI is InChI=1S/C16H17N3O4S/c1-9(10-2-3-10)17-14(20)7-24-16-19-18-15(23-16)11-4-5-12-13(6-11)22-8-21-12/h4-6,9-10H,2-3,7-8H2,1H3,(H,17,20)/t9-/m0/s1. The number of fused-ring (bicyclic) bond motifs is 1. The fourth-order valence-corrected chi connectivity index (χ4v) is 3.13. The van der Waals surface area contributed by atoms with E-state index in [2.05, 4.69) is 15.5 Å². The van der Waals surface area contributed by atoms with Crippen LogP contribution >= 0.6 is 11.8 Å². The second kappa shape index (κ2) is 6.35. The van der Waals surface area contributed by atoms with Crippen LogP contribution < -0.4 is 14.8 Å². The molecule has 7 nitrogen and oxygen atoms in total. The van der Waals surface area contributed by atoms with E-state index < -0.39 is 0 Å². The Bertz CT molecular complexity index is 760. The predicted molar refractivity (Wildman–Crippen MR) is 86.9 cm³/mol. The summed E-state index contributed by atoms with van der Waals surface area (Å²) in [4.78, 5) is 11.9. The van der Waals surface area contributed by atoms with Gasteiger partial charge in [0.25, 0.3) is 5.22 Å². The maximum absolute atomic E-state index is 11.9. The van der Waals surface area contributed by atoms with E-state index in [0.717, 1.165) is 5.56 Å². The molecule has 1 aromatic carbocycles. The summed E-state index contributed by atoms with van der Waals surface area (Å²) in [6, 6.07) is 5.68. The highest BCUT2D eigenvalue weighted by Crippen LogP contribution is 2.36. The number of carbonyl (C=O) groups is 1. The topological polar surface area (TPSA) is 86.5 Å². The molecule has 4 rings (SSSR count). The Morgan fingerprint density at radius 2 is 2.17 bits per heavy atom. The van der Waals surface area contributed by atoms with E-state index in [-0.39, 0.29) is 24.5 Å². The molecular weight excluding hydrogens is 330 g/mol. The maximum Gasteiger partial charge on any atom is 0.277 e. The fourth-order valence-electron chi connectivity index (χ4n) is 2.55. The van der Waals surface area contributed by atoms with Crippen molar-refractivity contribution in [3.8, 4) is 23.0 Å². The number of nitrogens with zero attached hydrogens (tertiary/aromatic N) is 2. The van der Waals surface area contributed by atoms with Gasteiger partial charge in [-0.15, -0.1) is 10.2 Å². The van der Waals surface area contributed by atoms with Crippen LogP contribution in [0.4, 0.5) is 0 Å². The highest BCUT2D eigenvalue weighted by molar-refractivity contribution is 7.99. The number of amides is 1. The molecule has 0 bridgehead atoms. The van der Waals surface area contributed by atoms with Crippen LogP contribution in [0.5, 0.6) is 11.5 Å². The third-order valence-electron chi connectivity index (χ3n) is 4.07. The molecule has 8 heteroatoms. The number of aromatic nitrogens is 2. The summed E-state index contributed by atoms with van der Waals surface area (Å²) in [5.74, 6) is 2.65. The molecule has 1 atom stereocenters. The predicted octanol–water partition coefficient (Wildman–Crippen LogP) is 2.47. The zero-order valence-corrected chi connectivity index (χ0v) is 14.0. The Labute approximate surface area is 143 Å². The Hall–Kier alpha value is -2.22. The third-order valence-corrected chi connectivity index (χ3v) is 4.89. The lowest BCUT2D eigenvalue weighted by Crippen LogP contribution is -2.35. The number of carbonyl (C=O) groups excluding carboxylic acids is 1. The second-order valence-corrected chi connectivity index (χ2v) is 6.85. The minimum atomic E-state index is -0.0118. The van der Waals surface area contributed by atoms with E-state index in [1.807, 2.05) is 13.0 Å². The molecule has 0 radical (unpaired) electrons. The second-order valence-electron chi connectivity index (χ2n) is 5.92. The van der Waals surface area contributed by atoms with Crippen molar-refractivity contribution in [2.24, 2.45) is 5.92 Å². The lowest BCUT2D eigenvalue weighted by molar-refractivity contribution is -0.119. The largest absolute Gasteiger partial charge is 0.454 e. The number of benzene rings is 1. The summed E-state index contributed by atoms with van der Waals surface area (Å²) in [6.07, 6.45) is 2.41. The van der Waals surface area contributed by atoms with Gasteiger partial charge in [-0.2, -0.15) is 0 Å². The summed E-state index contributed by atoms with van der Waals surface area (Å²) >= 11 is 1.24. The first-order chi connectivity index (χ1) is 11.7. The fraction of sp³-hybridized carbons (Fsp3) is 0.438. The first kappa shape index (κ1) is 15.3. The normalized spacial score (nSPS) is 16.9. The van der Waals surface area contributed by atoms with E-state index in [9.17, 15) is 4.79 Å². The Morgan fingerprint density at radius 1 is 1.33 bits per heavy atom. The average Bonchev–Trinajstić information content (AvgIpc) is 3.15. The molecule has 1 amide bonds. The minimum Gasteiger partial charge on any atom is -0.454 e. The van der Waals surface area contributed by atoms with Crippen LogP contribution in [0.3, 0.4) is 0 Å². The smallest absolute Gasteiger partial charge is 0.277 e. The lowest BCUT2D eigenvalue weighted by atomic mass is 10.2. The van der Waals surface area contributed by atoms with Gasteiger partial charge in [0.15, 0.2) is 11.5 Å². The van der Waals surface area contributed by atoms with Crippen LogP contribution in [0.1, 0.15) is 19.8 Å². The van der Waals surface area contributed by atoms with Crippen molar-refractivity contribution >= 4 is 17.7 Å². The van der Waals surface area contributed by atoms with Gasteiger partial charge in [-0.25, -0.2) is 0 Å². The highest BCUT2D eigenvalue weighted by atomic mass is 32.2. The van der Waals surface area contributed by atoms with Gasteiger partial charge < -0.3 is 19.2 Å². The van der Waals surface area contributed by atoms with E-state index in [4.69, 9.17) is 13.9 Å². The van der Waals surface area contributed by atoms with Crippen molar-refractivity contribution in [1.29, 1.82) is 0 Å². The summed E-state index contributed by atoms with van der Waals surface area (Å²) in [7, 11) is 0. The number of nitrogens with one attached hydrogen (secondary N) is 1. The van der Waals surface area contributed by atoms with Crippen LogP contribution in [0.15, 0.2) is 27.8 Å². The molecule has 126 valence electrons. The Morgan fingerprint density at radius 3 is 3.00 bits per heavy atom. The van der Waals surface area contributed by atoms with Gasteiger partial charge in [0, 0.05) is 11.6 Å². The van der Waals surface area contributed by atoms with Gasteiger partial charge in [0.1, 0.15) is 0 Å². The van der Waals surface area contributed by atoms with Gasteiger partial charge in [0.05, 0.1) is 5.75 Å². The Kier molecular flexibility index (Phi) is 4.05. The van der Waals surface area contributed by atoms with Crippen molar-refractivity contribution in [3.63, 3.8) is 0 Å². The highest BCUT2D eigenvalue weighted by Gasteiger charge is 2.28. The van der Waals surface area contributed by atoms with Gasteiger partial charge in [-0.1, -0.05) is 11.8 Å². The number of thioether (sulfide) groups is 1. The van der Waals surface area contributed by atoms with Gasteiger partial charge in [-0.3, -0.25) is 4.79 Å². The molecule has 2 aromatic rings. The Balaban J connectivity index is 1.35. The van der Waals surface area contributed by atoms with Gasteiger partial charge in [-0.05, 0) is 43.9 Å². The molecule has 0 unspecified atom stereocenters. The molecule has 2 heterocycles. The first-order valence-corrected chi connectivity index (χ1v) is 8.83. The van der Waals surface area contributed by atoms with Crippen LogP contribution in [0, 0.1) is 5.92 Å². The third kappa shape index (κ3) is 3.33. The van der Waals surface area contributed by atoms with Crippen molar-refractivity contribution in [2.45, 2.75) is 31.0 Å². The number of ether oxygens (including phenoxy) is 2. The summed E-state index contributed by atoms with van der Waals surface area (Å²) < 4.78 is 16.2. The average molecular weight is 347 g/mol. The number of hydrogen-bond acceptors (Lipinski definition) is 7. The van der Waals surface area contributed by atoms with Crippen LogP contribution in [0.2, 0.25) is 0 Å². The van der Waals surface area contributed by atoms with E-state index in [1.54, 1.807) is 12.1 Å². The summed E-state index contributed by atoms with van der Waals surface area (Å²) in [6.45, 7) is 2.27. The van der Waals surface area contributed by atoms with Crippen LogP contribution in [0.25, 0.3) is 11.5 Å². The molecule has 1 aliphatic heterocycles. The van der Waals surface area contributed by atoms with Gasteiger partial charge in [0.2, 0.25) is 18.6 Å². The molecule has 2 aliphatic rings. The summed E-state index contributed by atoms with van der Waals surface area (Å²) in [5, 5.41) is 11.4. The lowest BCUT2D eigenvalue weighted by Gasteiger charge is -2.11. The zero-order chi connectivity index (χ0) is 16.5. The molecule has 0 saturated heterocycles. The maximum atomic E-state index is 11.9. The zero-order valence-electron chi connectivity index (χ0n) is 13.2. The van der Waals surface area contributed by atoms with Crippen LogP contribution in [-0.4, -0.2) is 34.7 Å². The molecule has 1 aromatic heterocycles. The van der Waals surface area contributed by atoms with E-state index >= 15 is 0 Å². The van der Waals surface area contributed by atoms with Gasteiger partial charge >= 0.3 is 0 Å². The summed E-state index contributed by atoms with van der Waals surface area (Å²) in [5.41, 5.74) is 0.755. The molecule has 1 N–H and O–H groups in total. The molecule has 1 fully saturated rings. The quantitative estimate of drug-likeness (QED) is 0.803. The van der Waals surface area contributed by atoms with Crippen LogP contribution in [-0.2, 0) is 4.79 Å². The number of hydrogen-bond donors (Lipinski definition) is 1. The van der Waals surface area contributed by atoms with E-state index in [0.29, 0.717) is 28.5 Å². The molecule has 1 aliphatic carbocycles. The van der Waals surface area contributed by atoms with Crippen molar-refractivity contribution in [1.82, 2.24) is 15.5 Å². The minimum absolute atomic E-state index is 0.0118. The van der Waals surface area contributed by atoms with Crippen molar-refractivity contribution < 1.29 is 18.7 Å². The van der Waals surface area contributed by atoms with Crippen molar-refractivity contribution in [3.05, 3.63) is 18.2 Å². The number of rotatable bonds is 6. The molecule has 0 spiro atoms. The van der Waals surface area contributed by atoms with E-state index in [1.165, 1.54) is 24.6 Å². The van der Waals surface area contributed by atoms with Crippen molar-refractivity contribution in [2.75, 3.05) is 12.5 Å².